The van der Waals surface area contributed by atoms with E-state index >= 15 is 0 Å². The number of carbonyl (C=O) groups is 1. The third-order valence-corrected chi connectivity index (χ3v) is 2.17. The van der Waals surface area contributed by atoms with E-state index in [1.165, 1.54) is 0 Å². The van der Waals surface area contributed by atoms with Crippen LogP contribution in [0.25, 0.3) is 0 Å². The molecule has 0 radical (unpaired) electrons. The minimum Gasteiger partial charge on any atom is -0.480 e. The summed E-state index contributed by atoms with van der Waals surface area (Å²) in [6.45, 7) is 5.87. The summed E-state index contributed by atoms with van der Waals surface area (Å²) in [5.41, 5.74) is 0. The molecule has 0 fully saturated rings. The Morgan fingerprint density at radius 1 is 1.50 bits per heavy atom. The van der Waals surface area contributed by atoms with Crippen molar-refractivity contribution in [3.05, 3.63) is 0 Å². The first-order chi connectivity index (χ1) is 6.63. The molecular formula is C10H21NO3. The predicted octanol–water partition coefficient (Wildman–Crippen LogP) is 1.21. The third kappa shape index (κ3) is 5.19. The number of nitrogens with zero attached hydrogens (tertiary/aromatic N) is 1. The number of carboxylic acid groups (broad SMARTS) is 1. The van der Waals surface area contributed by atoms with E-state index in [1.807, 2.05) is 25.8 Å². The van der Waals surface area contributed by atoms with Gasteiger partial charge in [0.1, 0.15) is 6.04 Å². The minimum absolute atomic E-state index is 0.375. The molecule has 0 aromatic carbocycles. The van der Waals surface area contributed by atoms with Crippen molar-refractivity contribution in [2.45, 2.75) is 32.7 Å². The van der Waals surface area contributed by atoms with Gasteiger partial charge in [0, 0.05) is 13.2 Å². The molecule has 0 aliphatic heterocycles. The molecule has 0 rings (SSSR count). The van der Waals surface area contributed by atoms with Gasteiger partial charge in [-0.2, -0.15) is 0 Å². The zero-order valence-electron chi connectivity index (χ0n) is 9.32. The maximum Gasteiger partial charge on any atom is 0.320 e. The first-order valence-electron chi connectivity index (χ1n) is 5.14. The van der Waals surface area contributed by atoms with Gasteiger partial charge >= 0.3 is 5.97 Å². The van der Waals surface area contributed by atoms with Gasteiger partial charge in [-0.1, -0.05) is 13.3 Å². The summed E-state index contributed by atoms with van der Waals surface area (Å²) < 4.78 is 5.18. The molecule has 0 saturated heterocycles. The summed E-state index contributed by atoms with van der Waals surface area (Å²) in [6, 6.07) is -0.375. The minimum atomic E-state index is -0.745. The predicted molar refractivity (Wildman–Crippen MR) is 55.5 cm³/mol. The smallest absolute Gasteiger partial charge is 0.320 e. The Hall–Kier alpha value is -0.610. The van der Waals surface area contributed by atoms with E-state index in [0.29, 0.717) is 26.2 Å². The summed E-state index contributed by atoms with van der Waals surface area (Å²) >= 11 is 0. The lowest BCUT2D eigenvalue weighted by Gasteiger charge is -2.23. The Bertz CT molecular complexity index is 161. The van der Waals surface area contributed by atoms with Crippen molar-refractivity contribution in [2.24, 2.45) is 0 Å². The van der Waals surface area contributed by atoms with Gasteiger partial charge in [-0.05, 0) is 20.4 Å². The fraction of sp³-hybridized carbons (Fsp3) is 0.900. The molecule has 4 heteroatoms. The van der Waals surface area contributed by atoms with Gasteiger partial charge in [0.2, 0.25) is 0 Å². The Kier molecular flexibility index (Phi) is 7.42. The quantitative estimate of drug-likeness (QED) is 0.602. The molecule has 0 aromatic heterocycles. The monoisotopic (exact) mass is 203 g/mol. The van der Waals surface area contributed by atoms with Gasteiger partial charge in [-0.3, -0.25) is 9.69 Å². The molecule has 14 heavy (non-hydrogen) atoms. The maximum atomic E-state index is 10.9. The second kappa shape index (κ2) is 7.76. The topological polar surface area (TPSA) is 49.8 Å². The molecule has 84 valence electrons. The molecule has 0 amide bonds. The van der Waals surface area contributed by atoms with Crippen LogP contribution in [-0.2, 0) is 9.53 Å². The summed E-state index contributed by atoms with van der Waals surface area (Å²) in [5.74, 6) is -0.745. The number of hydrogen-bond donors (Lipinski definition) is 1. The molecule has 0 bridgehead atoms. The van der Waals surface area contributed by atoms with Crippen LogP contribution < -0.4 is 0 Å². The van der Waals surface area contributed by atoms with Crippen LogP contribution in [0.5, 0.6) is 0 Å². The lowest BCUT2D eigenvalue weighted by atomic mass is 10.1. The summed E-state index contributed by atoms with van der Waals surface area (Å²) in [5, 5.41) is 8.95. The van der Waals surface area contributed by atoms with Gasteiger partial charge in [0.25, 0.3) is 0 Å². The fourth-order valence-electron chi connectivity index (χ4n) is 1.31. The van der Waals surface area contributed by atoms with E-state index in [1.54, 1.807) is 0 Å². The molecule has 0 spiro atoms. The van der Waals surface area contributed by atoms with E-state index in [4.69, 9.17) is 9.84 Å². The van der Waals surface area contributed by atoms with Crippen LogP contribution in [0, 0.1) is 0 Å². The molecule has 1 unspecified atom stereocenters. The summed E-state index contributed by atoms with van der Waals surface area (Å²) in [4.78, 5) is 12.7. The van der Waals surface area contributed by atoms with Gasteiger partial charge in [0.15, 0.2) is 0 Å². The van der Waals surface area contributed by atoms with Crippen LogP contribution in [0.4, 0.5) is 0 Å². The van der Waals surface area contributed by atoms with E-state index in [-0.39, 0.29) is 6.04 Å². The summed E-state index contributed by atoms with van der Waals surface area (Å²) in [6.07, 6.45) is 1.58. The Morgan fingerprint density at radius 2 is 2.14 bits per heavy atom. The average molecular weight is 203 g/mol. The molecule has 0 aliphatic carbocycles. The number of hydrogen-bond acceptors (Lipinski definition) is 3. The van der Waals surface area contributed by atoms with E-state index in [0.717, 1.165) is 6.42 Å². The molecule has 1 N–H and O–H groups in total. The number of ether oxygens (including phenoxy) is 1. The molecule has 0 saturated carbocycles. The molecular weight excluding hydrogens is 182 g/mol. The Morgan fingerprint density at radius 3 is 2.57 bits per heavy atom. The SMILES string of the molecule is CCCC(C(=O)O)N(C)CCOCC. The van der Waals surface area contributed by atoms with Crippen LogP contribution >= 0.6 is 0 Å². The second-order valence-corrected chi connectivity index (χ2v) is 3.32. The fourth-order valence-corrected chi connectivity index (χ4v) is 1.31. The Labute approximate surface area is 85.9 Å². The molecule has 4 nitrogen and oxygen atoms in total. The number of carboxylic acids is 1. The lowest BCUT2D eigenvalue weighted by Crippen LogP contribution is -2.40. The first-order valence-corrected chi connectivity index (χ1v) is 5.14. The molecule has 0 aromatic rings. The van der Waals surface area contributed by atoms with Crippen molar-refractivity contribution >= 4 is 5.97 Å². The highest BCUT2D eigenvalue weighted by Crippen LogP contribution is 2.04. The van der Waals surface area contributed by atoms with Gasteiger partial charge in [0.05, 0.1) is 6.61 Å². The number of rotatable bonds is 8. The second-order valence-electron chi connectivity index (χ2n) is 3.32. The molecule has 0 aliphatic rings. The van der Waals surface area contributed by atoms with Crippen molar-refractivity contribution in [3.8, 4) is 0 Å². The standard InChI is InChI=1S/C10H21NO3/c1-4-6-9(10(12)13)11(3)7-8-14-5-2/h9H,4-8H2,1-3H3,(H,12,13). The van der Waals surface area contributed by atoms with Crippen molar-refractivity contribution in [1.82, 2.24) is 4.90 Å². The van der Waals surface area contributed by atoms with E-state index in [9.17, 15) is 4.79 Å². The number of aliphatic carboxylic acids is 1. The van der Waals surface area contributed by atoms with Crippen LogP contribution in [0.1, 0.15) is 26.7 Å². The van der Waals surface area contributed by atoms with E-state index in [2.05, 4.69) is 0 Å². The third-order valence-electron chi connectivity index (χ3n) is 2.17. The summed E-state index contributed by atoms with van der Waals surface area (Å²) in [7, 11) is 1.83. The van der Waals surface area contributed by atoms with Crippen LogP contribution in [0.2, 0.25) is 0 Å². The highest BCUT2D eigenvalue weighted by molar-refractivity contribution is 5.73. The van der Waals surface area contributed by atoms with Gasteiger partial charge in [-0.25, -0.2) is 0 Å². The average Bonchev–Trinajstić information content (AvgIpc) is 2.13. The maximum absolute atomic E-state index is 10.9. The highest BCUT2D eigenvalue weighted by Gasteiger charge is 2.20. The van der Waals surface area contributed by atoms with Gasteiger partial charge < -0.3 is 9.84 Å². The van der Waals surface area contributed by atoms with Crippen LogP contribution in [-0.4, -0.2) is 48.8 Å². The zero-order chi connectivity index (χ0) is 11.0. The molecule has 0 heterocycles. The normalized spacial score (nSPS) is 13.1. The van der Waals surface area contributed by atoms with Gasteiger partial charge in [-0.15, -0.1) is 0 Å². The van der Waals surface area contributed by atoms with Crippen molar-refractivity contribution in [1.29, 1.82) is 0 Å². The van der Waals surface area contributed by atoms with Crippen molar-refractivity contribution in [3.63, 3.8) is 0 Å². The van der Waals surface area contributed by atoms with Crippen molar-refractivity contribution in [2.75, 3.05) is 26.8 Å². The van der Waals surface area contributed by atoms with E-state index < -0.39 is 5.97 Å². The van der Waals surface area contributed by atoms with Crippen LogP contribution in [0.3, 0.4) is 0 Å². The lowest BCUT2D eigenvalue weighted by molar-refractivity contribution is -0.143. The largest absolute Gasteiger partial charge is 0.480 e. The van der Waals surface area contributed by atoms with Crippen LogP contribution in [0.15, 0.2) is 0 Å². The van der Waals surface area contributed by atoms with Crippen molar-refractivity contribution < 1.29 is 14.6 Å². The first kappa shape index (κ1) is 13.4. The Balaban J connectivity index is 3.88. The highest BCUT2D eigenvalue weighted by atomic mass is 16.5. The zero-order valence-corrected chi connectivity index (χ0v) is 9.32. The molecule has 1 atom stereocenters. The number of likely N-dealkylation sites (N-methyl/N-ethyl adjacent to an activating group) is 1.